The van der Waals surface area contributed by atoms with Gasteiger partial charge in [0.1, 0.15) is 0 Å². The van der Waals surface area contributed by atoms with Crippen molar-refractivity contribution in [3.05, 3.63) is 16.1 Å². The maximum Gasteiger partial charge on any atom is 0.336 e. The van der Waals surface area contributed by atoms with Crippen molar-refractivity contribution < 1.29 is 14.3 Å². The molecule has 0 unspecified atom stereocenters. The maximum absolute atomic E-state index is 11.6. The quantitative estimate of drug-likeness (QED) is 0.796. The summed E-state index contributed by atoms with van der Waals surface area (Å²) in [4.78, 5) is 18.5. The van der Waals surface area contributed by atoms with E-state index in [1.165, 1.54) is 7.11 Å². The molecule has 2 rings (SSSR count). The van der Waals surface area contributed by atoms with Crippen molar-refractivity contribution in [3.8, 4) is 0 Å². The molecule has 1 aromatic rings. The van der Waals surface area contributed by atoms with E-state index in [2.05, 4.69) is 29.1 Å². The number of methoxy groups -OCH3 is 1. The van der Waals surface area contributed by atoms with Crippen molar-refractivity contribution in [2.75, 3.05) is 20.2 Å². The molecular weight excluding hydrogens is 276 g/mol. The molecule has 2 atom stereocenters. The van der Waals surface area contributed by atoms with Gasteiger partial charge in [0.2, 0.25) is 0 Å². The van der Waals surface area contributed by atoms with Crippen LogP contribution in [0.5, 0.6) is 0 Å². The summed E-state index contributed by atoms with van der Waals surface area (Å²) in [6.45, 7) is 8.39. The van der Waals surface area contributed by atoms with Gasteiger partial charge in [-0.3, -0.25) is 4.90 Å². The first-order valence-corrected chi connectivity index (χ1v) is 7.77. The Morgan fingerprint density at radius 1 is 1.60 bits per heavy atom. The molecule has 0 aromatic carbocycles. The van der Waals surface area contributed by atoms with Gasteiger partial charge < -0.3 is 9.47 Å². The molecule has 0 spiro atoms. The van der Waals surface area contributed by atoms with E-state index >= 15 is 0 Å². The summed E-state index contributed by atoms with van der Waals surface area (Å²) in [5, 5.41) is 3.26. The van der Waals surface area contributed by atoms with Gasteiger partial charge in [0, 0.05) is 30.9 Å². The molecule has 0 saturated carbocycles. The zero-order chi connectivity index (χ0) is 14.7. The third-order valence-electron chi connectivity index (χ3n) is 3.25. The number of hydrogen-bond donors (Lipinski definition) is 0. The molecule has 1 fully saturated rings. The number of aromatic nitrogens is 1. The Morgan fingerprint density at radius 2 is 2.35 bits per heavy atom. The van der Waals surface area contributed by atoms with Crippen LogP contribution in [0.3, 0.4) is 0 Å². The van der Waals surface area contributed by atoms with Crippen LogP contribution in [0.1, 0.15) is 37.4 Å². The first kappa shape index (κ1) is 15.4. The fourth-order valence-electron chi connectivity index (χ4n) is 2.32. The summed E-state index contributed by atoms with van der Waals surface area (Å²) in [5.74, 6) is 0.155. The highest BCUT2D eigenvalue weighted by Crippen LogP contribution is 2.21. The van der Waals surface area contributed by atoms with Crippen molar-refractivity contribution in [1.82, 2.24) is 9.88 Å². The van der Waals surface area contributed by atoms with Gasteiger partial charge in [-0.2, -0.15) is 0 Å². The topological polar surface area (TPSA) is 51.7 Å². The number of ether oxygens (including phenoxy) is 2. The number of hydrogen-bond acceptors (Lipinski definition) is 6. The van der Waals surface area contributed by atoms with Crippen LogP contribution in [0.4, 0.5) is 0 Å². The zero-order valence-corrected chi connectivity index (χ0v) is 13.3. The van der Waals surface area contributed by atoms with Gasteiger partial charge >= 0.3 is 5.97 Å². The average Bonchev–Trinajstić information content (AvgIpc) is 2.85. The first-order chi connectivity index (χ1) is 9.49. The predicted molar refractivity (Wildman–Crippen MR) is 77.8 cm³/mol. The van der Waals surface area contributed by atoms with Crippen LogP contribution < -0.4 is 0 Å². The summed E-state index contributed by atoms with van der Waals surface area (Å²) in [7, 11) is 1.39. The van der Waals surface area contributed by atoms with E-state index in [9.17, 15) is 4.79 Å². The van der Waals surface area contributed by atoms with E-state index in [1.807, 2.05) is 6.92 Å². The minimum absolute atomic E-state index is 0.0241. The minimum Gasteiger partial charge on any atom is -0.467 e. The lowest BCUT2D eigenvalue weighted by atomic mass is 10.2. The largest absolute Gasteiger partial charge is 0.467 e. The molecule has 112 valence electrons. The van der Waals surface area contributed by atoms with Crippen molar-refractivity contribution in [1.29, 1.82) is 0 Å². The van der Waals surface area contributed by atoms with E-state index in [1.54, 1.807) is 11.3 Å². The second kappa shape index (κ2) is 6.65. The third kappa shape index (κ3) is 3.77. The smallest absolute Gasteiger partial charge is 0.336 e. The Hall–Kier alpha value is -0.980. The normalized spacial score (nSPS) is 24.1. The Balaban J connectivity index is 1.98. The van der Waals surface area contributed by atoms with Crippen molar-refractivity contribution in [3.63, 3.8) is 0 Å². The number of nitrogens with zero attached hydrogens (tertiary/aromatic N) is 2. The van der Waals surface area contributed by atoms with E-state index in [4.69, 9.17) is 9.47 Å². The van der Waals surface area contributed by atoms with Crippen LogP contribution in [-0.4, -0.2) is 48.3 Å². The van der Waals surface area contributed by atoms with Gasteiger partial charge in [-0.15, -0.1) is 11.3 Å². The van der Waals surface area contributed by atoms with Crippen LogP contribution in [0, 0.1) is 0 Å². The number of morpholine rings is 1. The van der Waals surface area contributed by atoms with E-state index in [0.717, 1.165) is 23.8 Å². The SMILES string of the molecule is COC(=O)[C@H]1CN(Cc2csc(C(C)C)n2)C[C@@H](C)O1. The van der Waals surface area contributed by atoms with Crippen LogP contribution in [0.25, 0.3) is 0 Å². The molecule has 1 aliphatic rings. The fourth-order valence-corrected chi connectivity index (χ4v) is 3.15. The number of carbonyl (C=O) groups excluding carboxylic acids is 1. The monoisotopic (exact) mass is 298 g/mol. The molecular formula is C14H22N2O3S. The first-order valence-electron chi connectivity index (χ1n) is 6.89. The number of esters is 1. The Kier molecular flexibility index (Phi) is 5.12. The van der Waals surface area contributed by atoms with Crippen molar-refractivity contribution in [2.24, 2.45) is 0 Å². The van der Waals surface area contributed by atoms with E-state index in [0.29, 0.717) is 12.5 Å². The summed E-state index contributed by atoms with van der Waals surface area (Å²) < 4.78 is 10.4. The molecule has 6 heteroatoms. The molecule has 0 bridgehead atoms. The lowest BCUT2D eigenvalue weighted by Crippen LogP contribution is -2.49. The van der Waals surface area contributed by atoms with Gasteiger partial charge in [-0.05, 0) is 6.92 Å². The highest BCUT2D eigenvalue weighted by molar-refractivity contribution is 7.09. The second-order valence-electron chi connectivity index (χ2n) is 5.48. The standard InChI is InChI=1S/C14H22N2O3S/c1-9(2)13-15-11(8-20-13)6-16-5-10(3)19-12(7-16)14(17)18-4/h8-10,12H,5-7H2,1-4H3/t10-,12-/m1/s1. The van der Waals surface area contributed by atoms with Crippen molar-refractivity contribution in [2.45, 2.75) is 45.4 Å². The Labute approximate surface area is 123 Å². The van der Waals surface area contributed by atoms with Crippen LogP contribution in [0.15, 0.2) is 5.38 Å². The third-order valence-corrected chi connectivity index (χ3v) is 4.44. The predicted octanol–water partition coefficient (Wildman–Crippen LogP) is 2.03. The van der Waals surface area contributed by atoms with Gasteiger partial charge in [-0.1, -0.05) is 13.8 Å². The lowest BCUT2D eigenvalue weighted by Gasteiger charge is -2.34. The van der Waals surface area contributed by atoms with Gasteiger partial charge in [0.15, 0.2) is 6.10 Å². The van der Waals surface area contributed by atoms with Crippen LogP contribution in [-0.2, 0) is 20.8 Å². The molecule has 1 saturated heterocycles. The Morgan fingerprint density at radius 3 is 2.95 bits per heavy atom. The molecule has 0 radical (unpaired) electrons. The molecule has 1 aliphatic heterocycles. The highest BCUT2D eigenvalue weighted by atomic mass is 32.1. The average molecular weight is 298 g/mol. The zero-order valence-electron chi connectivity index (χ0n) is 12.5. The Bertz CT molecular complexity index is 461. The number of thiazole rings is 1. The van der Waals surface area contributed by atoms with E-state index < -0.39 is 6.10 Å². The molecule has 0 aliphatic carbocycles. The molecule has 20 heavy (non-hydrogen) atoms. The maximum atomic E-state index is 11.6. The van der Waals surface area contributed by atoms with Gasteiger partial charge in [0.05, 0.1) is 23.9 Å². The summed E-state index contributed by atoms with van der Waals surface area (Å²) in [6, 6.07) is 0. The molecule has 1 aromatic heterocycles. The van der Waals surface area contributed by atoms with Gasteiger partial charge in [0.25, 0.3) is 0 Å². The molecule has 0 N–H and O–H groups in total. The van der Waals surface area contributed by atoms with Crippen molar-refractivity contribution >= 4 is 17.3 Å². The number of rotatable bonds is 4. The lowest BCUT2D eigenvalue weighted by molar-refractivity contribution is -0.166. The highest BCUT2D eigenvalue weighted by Gasteiger charge is 2.31. The summed E-state index contributed by atoms with van der Waals surface area (Å²) in [5.41, 5.74) is 1.07. The summed E-state index contributed by atoms with van der Waals surface area (Å²) >= 11 is 1.70. The second-order valence-corrected chi connectivity index (χ2v) is 6.37. The number of carbonyl (C=O) groups is 1. The van der Waals surface area contributed by atoms with Gasteiger partial charge in [-0.25, -0.2) is 9.78 Å². The summed E-state index contributed by atoms with van der Waals surface area (Å²) in [6.07, 6.45) is -0.469. The minimum atomic E-state index is -0.494. The van der Waals surface area contributed by atoms with Crippen LogP contribution >= 0.6 is 11.3 Å². The molecule has 2 heterocycles. The molecule has 0 amide bonds. The molecule has 5 nitrogen and oxygen atoms in total. The fraction of sp³-hybridized carbons (Fsp3) is 0.714. The van der Waals surface area contributed by atoms with E-state index in [-0.39, 0.29) is 12.1 Å². The van der Waals surface area contributed by atoms with Crippen LogP contribution in [0.2, 0.25) is 0 Å².